The number of carbonyl (C=O) groups excluding carboxylic acids is 2. The molecule has 1 aliphatic heterocycles. The van der Waals surface area contributed by atoms with Crippen LogP contribution < -0.4 is 4.74 Å². The quantitative estimate of drug-likeness (QED) is 0.0577. The van der Waals surface area contributed by atoms with Gasteiger partial charge in [-0.3, -0.25) is 4.79 Å². The number of benzene rings is 4. The van der Waals surface area contributed by atoms with E-state index in [1.807, 2.05) is 0 Å². The number of hydrogen-bond donors (Lipinski definition) is 9. The second-order valence-electron chi connectivity index (χ2n) is 11.6. The predicted octanol–water partition coefficient (Wildman–Crippen LogP) is 3.33. The van der Waals surface area contributed by atoms with Crippen molar-refractivity contribution >= 4 is 30.0 Å². The number of rotatable bonds is 12. The van der Waals surface area contributed by atoms with Crippen molar-refractivity contribution in [1.82, 2.24) is 0 Å². The zero-order valence-corrected chi connectivity index (χ0v) is 26.6. The van der Waals surface area contributed by atoms with E-state index in [0.717, 1.165) is 54.6 Å². The summed E-state index contributed by atoms with van der Waals surface area (Å²) in [6.45, 7) is 0. The number of phenols is 7. The van der Waals surface area contributed by atoms with Gasteiger partial charge in [0.2, 0.25) is 12.2 Å². The lowest BCUT2D eigenvalue weighted by molar-refractivity contribution is -0.166. The van der Waals surface area contributed by atoms with Crippen LogP contribution in [-0.2, 0) is 41.5 Å². The van der Waals surface area contributed by atoms with Gasteiger partial charge in [0, 0.05) is 24.5 Å². The summed E-state index contributed by atoms with van der Waals surface area (Å²) in [7, 11) is 0. The Bertz CT molecular complexity index is 2090. The zero-order chi connectivity index (χ0) is 37.9. The number of ether oxygens (including phenoxy) is 3. The van der Waals surface area contributed by atoms with Crippen molar-refractivity contribution < 1.29 is 79.3 Å². The van der Waals surface area contributed by atoms with Crippen molar-refractivity contribution in [2.24, 2.45) is 0 Å². The molecule has 16 heteroatoms. The Balaban J connectivity index is 1.47. The topological polar surface area (TPSA) is 278 Å². The van der Waals surface area contributed by atoms with Crippen LogP contribution in [0, 0.1) is 0 Å². The monoisotopic (exact) mass is 718 g/mol. The summed E-state index contributed by atoms with van der Waals surface area (Å²) in [5.74, 6) is -10.8. The molecule has 5 rings (SSSR count). The van der Waals surface area contributed by atoms with Crippen LogP contribution in [0.5, 0.6) is 46.0 Å². The van der Waals surface area contributed by atoms with Crippen LogP contribution >= 0.6 is 0 Å². The highest BCUT2D eigenvalue weighted by Crippen LogP contribution is 2.53. The molecule has 0 saturated heterocycles. The molecule has 1 aliphatic rings. The van der Waals surface area contributed by atoms with Crippen molar-refractivity contribution in [3.05, 3.63) is 101 Å². The Hall–Kier alpha value is -7.10. The molecule has 16 nitrogen and oxygen atoms in total. The summed E-state index contributed by atoms with van der Waals surface area (Å²) in [5, 5.41) is 89.1. The molecule has 0 saturated carbocycles. The average molecular weight is 719 g/mol. The molecule has 0 radical (unpaired) electrons. The number of aliphatic carboxylic acids is 2. The molecule has 1 heterocycles. The second-order valence-corrected chi connectivity index (χ2v) is 11.6. The Morgan fingerprint density at radius 1 is 0.635 bits per heavy atom. The van der Waals surface area contributed by atoms with Crippen LogP contribution in [0.3, 0.4) is 0 Å². The highest BCUT2D eigenvalue weighted by Gasteiger charge is 2.46. The molecule has 270 valence electrons. The largest absolute Gasteiger partial charge is 0.504 e. The molecule has 0 fully saturated rings. The maximum Gasteiger partial charge on any atom is 0.345 e. The van der Waals surface area contributed by atoms with E-state index < -0.39 is 94.8 Å². The summed E-state index contributed by atoms with van der Waals surface area (Å²) < 4.78 is 16.5. The van der Waals surface area contributed by atoms with Gasteiger partial charge < -0.3 is 60.2 Å². The number of esters is 2. The normalized spacial score (nSPS) is 16.0. The molecular weight excluding hydrogens is 688 g/mol. The van der Waals surface area contributed by atoms with E-state index in [2.05, 4.69) is 0 Å². The van der Waals surface area contributed by atoms with E-state index in [4.69, 9.17) is 14.2 Å². The maximum absolute atomic E-state index is 13.9. The first-order valence-corrected chi connectivity index (χ1v) is 15.2. The van der Waals surface area contributed by atoms with E-state index in [-0.39, 0.29) is 40.0 Å². The Labute approximate surface area is 292 Å². The summed E-state index contributed by atoms with van der Waals surface area (Å²) in [5.41, 5.74) is 0.445. The first kappa shape index (κ1) is 36.2. The van der Waals surface area contributed by atoms with Crippen LogP contribution in [-0.4, -0.2) is 82.0 Å². The van der Waals surface area contributed by atoms with Crippen LogP contribution in [0.1, 0.15) is 39.8 Å². The van der Waals surface area contributed by atoms with E-state index in [1.165, 1.54) is 24.3 Å². The molecule has 9 N–H and O–H groups in total. The second kappa shape index (κ2) is 14.8. The molecule has 0 aromatic heterocycles. The number of carboxylic acids is 2. The summed E-state index contributed by atoms with van der Waals surface area (Å²) in [4.78, 5) is 50.9. The lowest BCUT2D eigenvalue weighted by Crippen LogP contribution is -2.33. The van der Waals surface area contributed by atoms with Crippen molar-refractivity contribution in [3.8, 4) is 46.0 Å². The molecule has 4 aromatic carbocycles. The Morgan fingerprint density at radius 3 is 1.65 bits per heavy atom. The molecule has 0 unspecified atom stereocenters. The highest BCUT2D eigenvalue weighted by molar-refractivity contribution is 5.92. The third-order valence-electron chi connectivity index (χ3n) is 8.04. The SMILES string of the molecule is O=C(C=Cc1ccc(O)c2c1[C@H](C(=O)O[C@@H](Cc1ccc(O)c(O)c1)C(=O)O)[C@H](c1ccc(O)c(O)c1)O2)O[C@@H](Cc1ccc(O)c(O)c1)C(=O)O. The minimum absolute atomic E-state index is 0.0443. The van der Waals surface area contributed by atoms with Crippen LogP contribution in [0.2, 0.25) is 0 Å². The smallest absolute Gasteiger partial charge is 0.345 e. The first-order valence-electron chi connectivity index (χ1n) is 15.2. The van der Waals surface area contributed by atoms with E-state index in [1.54, 1.807) is 0 Å². The zero-order valence-electron chi connectivity index (χ0n) is 26.6. The third-order valence-corrected chi connectivity index (χ3v) is 8.04. The number of hydrogen-bond acceptors (Lipinski definition) is 14. The first-order chi connectivity index (χ1) is 24.6. The van der Waals surface area contributed by atoms with E-state index in [9.17, 15) is 65.1 Å². The molecule has 0 amide bonds. The molecule has 0 bridgehead atoms. The number of phenolic OH excluding ortho intramolecular Hbond substituents is 7. The fraction of sp³-hybridized carbons (Fsp3) is 0.167. The van der Waals surface area contributed by atoms with Crippen molar-refractivity contribution in [2.75, 3.05) is 0 Å². The minimum Gasteiger partial charge on any atom is -0.504 e. The summed E-state index contributed by atoms with van der Waals surface area (Å²) in [6.07, 6.45) is -3.85. The number of aromatic hydroxyl groups is 7. The number of fused-ring (bicyclic) bond motifs is 1. The minimum atomic E-state index is -1.84. The van der Waals surface area contributed by atoms with Crippen molar-refractivity contribution in [2.45, 2.75) is 37.1 Å². The highest BCUT2D eigenvalue weighted by atomic mass is 16.6. The molecule has 0 spiro atoms. The van der Waals surface area contributed by atoms with Crippen molar-refractivity contribution in [1.29, 1.82) is 0 Å². The van der Waals surface area contributed by atoms with Crippen molar-refractivity contribution in [3.63, 3.8) is 0 Å². The molecule has 4 aromatic rings. The molecule has 0 aliphatic carbocycles. The molecule has 4 atom stereocenters. The average Bonchev–Trinajstić information content (AvgIpc) is 3.50. The van der Waals surface area contributed by atoms with Gasteiger partial charge in [0.1, 0.15) is 12.0 Å². The third kappa shape index (κ3) is 7.86. The van der Waals surface area contributed by atoms with Gasteiger partial charge in [0.05, 0.1) is 0 Å². The van der Waals surface area contributed by atoms with E-state index >= 15 is 0 Å². The van der Waals surface area contributed by atoms with Crippen LogP contribution in [0.4, 0.5) is 0 Å². The van der Waals surface area contributed by atoms with Gasteiger partial charge in [-0.25, -0.2) is 14.4 Å². The Kier molecular flexibility index (Phi) is 10.3. The van der Waals surface area contributed by atoms with Gasteiger partial charge in [0.15, 0.2) is 46.0 Å². The number of carbonyl (C=O) groups is 4. The van der Waals surface area contributed by atoms with Gasteiger partial charge in [-0.15, -0.1) is 0 Å². The van der Waals surface area contributed by atoms with Gasteiger partial charge >= 0.3 is 23.9 Å². The van der Waals surface area contributed by atoms with E-state index in [0.29, 0.717) is 0 Å². The van der Waals surface area contributed by atoms with Gasteiger partial charge in [0.25, 0.3) is 0 Å². The fourth-order valence-electron chi connectivity index (χ4n) is 5.49. The van der Waals surface area contributed by atoms with Gasteiger partial charge in [-0.05, 0) is 70.8 Å². The Morgan fingerprint density at radius 2 is 1.13 bits per heavy atom. The lowest BCUT2D eigenvalue weighted by atomic mass is 9.87. The lowest BCUT2D eigenvalue weighted by Gasteiger charge is -2.22. The standard InChI is InChI=1S/C36H30O16/c37-20-6-1-16(11-24(20)41)13-27(34(45)46)50-29(44)10-5-18-3-9-23(40)33-30(18)31(32(52-33)19-4-8-22(39)26(43)15-19)36(49)51-28(35(47)48)14-17-2-7-21(38)25(42)12-17/h1-12,15,27-28,31-32,37-43H,13-14H2,(H,45,46)(H,47,48)/t27-,28-,31-,32-/m0/s1. The molecular formula is C36H30O16. The predicted molar refractivity (Wildman–Crippen MR) is 175 cm³/mol. The molecule has 52 heavy (non-hydrogen) atoms. The van der Waals surface area contributed by atoms with Gasteiger partial charge in [-0.1, -0.05) is 24.3 Å². The summed E-state index contributed by atoms with van der Waals surface area (Å²) in [6, 6.07) is 13.0. The summed E-state index contributed by atoms with van der Waals surface area (Å²) >= 11 is 0. The van der Waals surface area contributed by atoms with Crippen LogP contribution in [0.25, 0.3) is 6.08 Å². The van der Waals surface area contributed by atoms with Crippen LogP contribution in [0.15, 0.2) is 72.8 Å². The maximum atomic E-state index is 13.9. The van der Waals surface area contributed by atoms with Gasteiger partial charge in [-0.2, -0.15) is 0 Å². The fourth-order valence-corrected chi connectivity index (χ4v) is 5.49. The number of carboxylic acid groups (broad SMARTS) is 2.